The molecule has 13 heteroatoms. The first-order valence-corrected chi connectivity index (χ1v) is 11.7. The molecular weight excluding hydrogens is 475 g/mol. The molecule has 3 fully saturated rings. The van der Waals surface area contributed by atoms with Crippen molar-refractivity contribution in [2.45, 2.75) is 44.7 Å². The van der Waals surface area contributed by atoms with Gasteiger partial charge < -0.3 is 29.5 Å². The number of anilines is 1. The minimum Gasteiger partial charge on any atom is -0.372 e. The number of nitriles is 1. The van der Waals surface area contributed by atoms with Crippen molar-refractivity contribution in [2.24, 2.45) is 11.3 Å². The Balaban J connectivity index is 1.51. The van der Waals surface area contributed by atoms with E-state index in [4.69, 9.17) is 14.5 Å². The number of imide groups is 1. The zero-order valence-electron chi connectivity index (χ0n) is 19.4. The molecule has 1 aromatic heterocycles. The summed E-state index contributed by atoms with van der Waals surface area (Å²) < 4.78 is 27.3. The van der Waals surface area contributed by atoms with E-state index in [1.165, 1.54) is 4.90 Å². The van der Waals surface area contributed by atoms with Crippen molar-refractivity contribution in [3.8, 4) is 6.07 Å². The lowest BCUT2D eigenvalue weighted by Gasteiger charge is -2.57. The van der Waals surface area contributed by atoms with E-state index in [1.54, 1.807) is 17.9 Å². The molecule has 4 amide bonds. The van der Waals surface area contributed by atoms with Gasteiger partial charge in [0.1, 0.15) is 11.6 Å². The Labute approximate surface area is 203 Å². The van der Waals surface area contributed by atoms with Crippen LogP contribution in [0.2, 0.25) is 0 Å². The van der Waals surface area contributed by atoms with Gasteiger partial charge in [0.15, 0.2) is 11.5 Å². The van der Waals surface area contributed by atoms with Crippen LogP contribution >= 0.6 is 0 Å². The standard InChI is InChI=1S/C23H23FN6O6/c1-9-6-30-16-12(4-23(18(30)10(2)35-9)20(32)26-22(34)27-21(23)33)3-13-15(28-36-17(13)14(16)24)19(31)29-7-11(5-25)8-29/h3,9-11,18,20,32H,4,6-8H2,1-2H3,(H2,26,27,33,34)/t9-,10+,18+,20?,23?/m1/s1. The number of carbonyl (C=O) groups is 3. The average Bonchev–Trinajstić information content (AvgIpc) is 3.20. The van der Waals surface area contributed by atoms with E-state index in [-0.39, 0.29) is 60.4 Å². The van der Waals surface area contributed by atoms with E-state index in [1.807, 2.05) is 6.92 Å². The van der Waals surface area contributed by atoms with Gasteiger partial charge >= 0.3 is 6.03 Å². The number of benzene rings is 1. The van der Waals surface area contributed by atoms with Gasteiger partial charge in [-0.3, -0.25) is 14.9 Å². The number of aliphatic hydroxyl groups excluding tert-OH is 1. The predicted octanol–water partition coefficient (Wildman–Crippen LogP) is 0.245. The molecule has 1 aromatic carbocycles. The van der Waals surface area contributed by atoms with E-state index < -0.39 is 47.5 Å². The van der Waals surface area contributed by atoms with Gasteiger partial charge in [-0.1, -0.05) is 5.16 Å². The third kappa shape index (κ3) is 2.91. The van der Waals surface area contributed by atoms with Gasteiger partial charge in [0.05, 0.1) is 41.3 Å². The Bertz CT molecular complexity index is 1370. The van der Waals surface area contributed by atoms with Crippen LogP contribution in [-0.4, -0.2) is 77.1 Å². The normalized spacial score (nSPS) is 31.9. The monoisotopic (exact) mass is 498 g/mol. The van der Waals surface area contributed by atoms with Crippen molar-refractivity contribution in [1.29, 1.82) is 5.26 Å². The number of hydrogen-bond acceptors (Lipinski definition) is 9. The number of fused-ring (bicyclic) bond motifs is 5. The van der Waals surface area contributed by atoms with Gasteiger partial charge in [-0.05, 0) is 31.9 Å². The SMILES string of the molecule is C[C@@H]1CN2c3c(cc4c(C(=O)N5CC(C#N)C5)noc4c3F)CC3(C(=O)NC(=O)NC3O)[C@@H]2[C@H](C)O1. The average molecular weight is 498 g/mol. The maximum atomic E-state index is 16.1. The highest BCUT2D eigenvalue weighted by Crippen LogP contribution is 2.50. The number of rotatable bonds is 1. The highest BCUT2D eigenvalue weighted by atomic mass is 19.1. The molecule has 5 heterocycles. The number of aliphatic hydroxyl groups is 1. The van der Waals surface area contributed by atoms with Crippen molar-refractivity contribution in [2.75, 3.05) is 24.5 Å². The molecule has 3 saturated heterocycles. The van der Waals surface area contributed by atoms with Crippen LogP contribution in [-0.2, 0) is 16.0 Å². The number of carbonyl (C=O) groups excluding carboxylic acids is 3. The molecule has 36 heavy (non-hydrogen) atoms. The maximum absolute atomic E-state index is 16.1. The summed E-state index contributed by atoms with van der Waals surface area (Å²) in [5.74, 6) is -2.18. The fourth-order valence-corrected chi connectivity index (χ4v) is 6.14. The van der Waals surface area contributed by atoms with Gasteiger partial charge in [0.25, 0.3) is 5.91 Å². The molecular formula is C23H23FN6O6. The molecule has 4 aliphatic rings. The number of hydrogen-bond donors (Lipinski definition) is 3. The molecule has 0 bridgehead atoms. The summed E-state index contributed by atoms with van der Waals surface area (Å²) in [4.78, 5) is 41.3. The van der Waals surface area contributed by atoms with Crippen LogP contribution in [0.3, 0.4) is 0 Å². The lowest BCUT2D eigenvalue weighted by atomic mass is 9.66. The second kappa shape index (κ2) is 7.62. The zero-order valence-corrected chi connectivity index (χ0v) is 19.4. The number of halogens is 1. The number of likely N-dealkylation sites (tertiary alicyclic amines) is 1. The number of aromatic nitrogens is 1. The van der Waals surface area contributed by atoms with Crippen molar-refractivity contribution < 1.29 is 33.1 Å². The predicted molar refractivity (Wildman–Crippen MR) is 119 cm³/mol. The highest BCUT2D eigenvalue weighted by Gasteiger charge is 2.62. The molecule has 6 rings (SSSR count). The van der Waals surface area contributed by atoms with Gasteiger partial charge in [-0.15, -0.1) is 0 Å². The molecule has 0 saturated carbocycles. The van der Waals surface area contributed by atoms with Crippen molar-refractivity contribution >= 4 is 34.5 Å². The maximum Gasteiger partial charge on any atom is 0.323 e. The Kier molecular flexibility index (Phi) is 4.80. The van der Waals surface area contributed by atoms with Crippen LogP contribution < -0.4 is 15.5 Å². The summed E-state index contributed by atoms with van der Waals surface area (Å²) in [6.07, 6.45) is -2.62. The van der Waals surface area contributed by atoms with Crippen LogP contribution in [0.5, 0.6) is 0 Å². The summed E-state index contributed by atoms with van der Waals surface area (Å²) >= 11 is 0. The van der Waals surface area contributed by atoms with Gasteiger partial charge in [0.2, 0.25) is 11.5 Å². The number of urea groups is 1. The lowest BCUT2D eigenvalue weighted by molar-refractivity contribution is -0.155. The Morgan fingerprint density at radius 3 is 2.78 bits per heavy atom. The summed E-state index contributed by atoms with van der Waals surface area (Å²) in [6, 6.07) is 2.01. The first-order chi connectivity index (χ1) is 17.1. The fourth-order valence-electron chi connectivity index (χ4n) is 6.14. The molecule has 2 unspecified atom stereocenters. The number of amides is 4. The molecule has 3 N–H and O–H groups in total. The number of ether oxygens (including phenoxy) is 1. The summed E-state index contributed by atoms with van der Waals surface area (Å²) in [5.41, 5.74) is -1.33. The largest absolute Gasteiger partial charge is 0.372 e. The Morgan fingerprint density at radius 2 is 2.08 bits per heavy atom. The molecule has 12 nitrogen and oxygen atoms in total. The van der Waals surface area contributed by atoms with E-state index in [0.29, 0.717) is 5.56 Å². The van der Waals surface area contributed by atoms with Crippen molar-refractivity contribution in [3.63, 3.8) is 0 Å². The number of morpholine rings is 1. The first kappa shape index (κ1) is 22.7. The molecule has 0 radical (unpaired) electrons. The minimum absolute atomic E-state index is 0.0927. The van der Waals surface area contributed by atoms with E-state index in [2.05, 4.69) is 21.9 Å². The summed E-state index contributed by atoms with van der Waals surface area (Å²) in [7, 11) is 0. The van der Waals surface area contributed by atoms with E-state index in [9.17, 15) is 19.5 Å². The van der Waals surface area contributed by atoms with Gasteiger partial charge in [0, 0.05) is 19.6 Å². The van der Waals surface area contributed by atoms with Crippen LogP contribution in [0.25, 0.3) is 11.0 Å². The molecule has 4 aliphatic heterocycles. The van der Waals surface area contributed by atoms with Crippen LogP contribution in [0.4, 0.5) is 14.9 Å². The summed E-state index contributed by atoms with van der Waals surface area (Å²) in [5, 5.41) is 28.6. The molecule has 2 aromatic rings. The first-order valence-electron chi connectivity index (χ1n) is 11.7. The topological polar surface area (TPSA) is 161 Å². The smallest absolute Gasteiger partial charge is 0.323 e. The van der Waals surface area contributed by atoms with Gasteiger partial charge in [-0.2, -0.15) is 5.26 Å². The fraction of sp³-hybridized carbons (Fsp3) is 0.522. The third-order valence-electron chi connectivity index (χ3n) is 7.70. The zero-order chi connectivity index (χ0) is 25.5. The van der Waals surface area contributed by atoms with E-state index >= 15 is 4.39 Å². The third-order valence-corrected chi connectivity index (χ3v) is 7.70. The van der Waals surface area contributed by atoms with Gasteiger partial charge in [-0.25, -0.2) is 9.18 Å². The minimum atomic E-state index is -1.58. The summed E-state index contributed by atoms with van der Waals surface area (Å²) in [6.45, 7) is 4.26. The highest BCUT2D eigenvalue weighted by molar-refractivity contribution is 6.06. The second-order valence-corrected chi connectivity index (χ2v) is 9.94. The van der Waals surface area contributed by atoms with Crippen LogP contribution in [0.1, 0.15) is 29.9 Å². The van der Waals surface area contributed by atoms with Crippen molar-refractivity contribution in [1.82, 2.24) is 20.7 Å². The van der Waals surface area contributed by atoms with Crippen molar-refractivity contribution in [3.05, 3.63) is 23.1 Å². The van der Waals surface area contributed by atoms with Crippen LogP contribution in [0, 0.1) is 28.5 Å². The number of nitrogens with zero attached hydrogens (tertiary/aromatic N) is 4. The lowest BCUT2D eigenvalue weighted by Crippen LogP contribution is -2.76. The Morgan fingerprint density at radius 1 is 1.33 bits per heavy atom. The second-order valence-electron chi connectivity index (χ2n) is 9.94. The quantitative estimate of drug-likeness (QED) is 0.500. The molecule has 188 valence electrons. The number of nitrogens with one attached hydrogen (secondary N) is 2. The Hall–Kier alpha value is -3.76. The molecule has 1 spiro atoms. The van der Waals surface area contributed by atoms with E-state index in [0.717, 1.165) is 0 Å². The molecule has 5 atom stereocenters. The van der Waals surface area contributed by atoms with Crippen LogP contribution in [0.15, 0.2) is 10.6 Å². The molecule has 0 aliphatic carbocycles.